The van der Waals surface area contributed by atoms with Gasteiger partial charge in [-0.05, 0) is 12.1 Å². The van der Waals surface area contributed by atoms with Gasteiger partial charge in [-0.3, -0.25) is 4.79 Å². The van der Waals surface area contributed by atoms with E-state index < -0.39 is 0 Å². The van der Waals surface area contributed by atoms with Gasteiger partial charge in [0.05, 0.1) is 0 Å². The number of hydrogen-bond acceptors (Lipinski definition) is 3. The van der Waals surface area contributed by atoms with Crippen LogP contribution in [0, 0.1) is 0 Å². The summed E-state index contributed by atoms with van der Waals surface area (Å²) in [6.45, 7) is 0. The average Bonchev–Trinajstić information content (AvgIpc) is 2.34. The monoisotopic (exact) mass is 142 g/mol. The van der Waals surface area contributed by atoms with Crippen LogP contribution in [0.25, 0.3) is 0 Å². The van der Waals surface area contributed by atoms with E-state index in [1.54, 1.807) is 12.1 Å². The second-order valence-corrected chi connectivity index (χ2v) is 1.90. The van der Waals surface area contributed by atoms with Crippen molar-refractivity contribution < 1.29 is 9.21 Å². The van der Waals surface area contributed by atoms with Crippen molar-refractivity contribution in [3.05, 3.63) is 23.7 Å². The van der Waals surface area contributed by atoms with Gasteiger partial charge in [0.1, 0.15) is 5.76 Å². The van der Waals surface area contributed by atoms with E-state index in [1.165, 1.54) is 0 Å². The molecule has 0 saturated carbocycles. The summed E-state index contributed by atoms with van der Waals surface area (Å²) in [5.74, 6) is 1.62. The van der Waals surface area contributed by atoms with Crippen LogP contribution in [0.15, 0.2) is 16.5 Å². The number of carbonyl (C=O) groups is 1. The Balaban J connectivity index is 2.86. The summed E-state index contributed by atoms with van der Waals surface area (Å²) < 4.78 is 4.94. The summed E-state index contributed by atoms with van der Waals surface area (Å²) in [6.07, 6.45) is 0.674. The Hall–Kier alpha value is -0.700. The molecule has 0 radical (unpaired) electrons. The molecule has 0 saturated heterocycles. The third-order valence-electron chi connectivity index (χ3n) is 0.954. The Morgan fingerprint density at radius 3 is 2.78 bits per heavy atom. The fraction of sp³-hybridized carbons (Fsp3) is 0.167. The lowest BCUT2D eigenvalue weighted by atomic mass is 10.4. The molecule has 0 atom stereocenters. The number of carbonyl (C=O) groups excluding carboxylic acids is 1. The largest absolute Gasteiger partial charge is 0.457 e. The van der Waals surface area contributed by atoms with Gasteiger partial charge in [-0.15, -0.1) is 0 Å². The van der Waals surface area contributed by atoms with Gasteiger partial charge in [-0.1, -0.05) is 0 Å². The van der Waals surface area contributed by atoms with Gasteiger partial charge in [0.15, 0.2) is 12.0 Å². The van der Waals surface area contributed by atoms with Crippen LogP contribution >= 0.6 is 12.6 Å². The molecule has 1 aromatic rings. The molecule has 0 spiro atoms. The fourth-order valence-corrected chi connectivity index (χ4v) is 0.713. The van der Waals surface area contributed by atoms with Gasteiger partial charge < -0.3 is 4.42 Å². The highest BCUT2D eigenvalue weighted by Gasteiger charge is 1.95. The zero-order valence-corrected chi connectivity index (χ0v) is 5.60. The standard InChI is InChI=1S/C6H6O2S/c7-3-5-1-2-6(4-9)8-5/h1-3,9H,4H2. The Morgan fingerprint density at radius 2 is 2.44 bits per heavy atom. The van der Waals surface area contributed by atoms with Gasteiger partial charge >= 0.3 is 0 Å². The van der Waals surface area contributed by atoms with Crippen LogP contribution in [-0.4, -0.2) is 6.29 Å². The van der Waals surface area contributed by atoms with Crippen molar-refractivity contribution in [2.45, 2.75) is 5.75 Å². The van der Waals surface area contributed by atoms with Crippen molar-refractivity contribution in [2.24, 2.45) is 0 Å². The van der Waals surface area contributed by atoms with Gasteiger partial charge in [-0.2, -0.15) is 12.6 Å². The predicted octanol–water partition coefficient (Wildman–Crippen LogP) is 1.52. The maximum absolute atomic E-state index is 10.0. The first-order chi connectivity index (χ1) is 4.36. The second-order valence-electron chi connectivity index (χ2n) is 1.58. The smallest absolute Gasteiger partial charge is 0.185 e. The molecule has 0 aromatic carbocycles. The third-order valence-corrected chi connectivity index (χ3v) is 1.27. The molecule has 3 heteroatoms. The molecular formula is C6H6O2S. The molecule has 0 aliphatic rings. The summed E-state index contributed by atoms with van der Waals surface area (Å²) in [5, 5.41) is 0. The third kappa shape index (κ3) is 1.36. The van der Waals surface area contributed by atoms with Crippen LogP contribution in [0.2, 0.25) is 0 Å². The highest BCUT2D eigenvalue weighted by atomic mass is 32.1. The molecule has 1 aromatic heterocycles. The van der Waals surface area contributed by atoms with Crippen molar-refractivity contribution in [3.8, 4) is 0 Å². The van der Waals surface area contributed by atoms with E-state index >= 15 is 0 Å². The molecule has 48 valence electrons. The predicted molar refractivity (Wildman–Crippen MR) is 36.8 cm³/mol. The van der Waals surface area contributed by atoms with E-state index in [0.29, 0.717) is 17.8 Å². The van der Waals surface area contributed by atoms with Crippen molar-refractivity contribution in [3.63, 3.8) is 0 Å². The molecule has 9 heavy (non-hydrogen) atoms. The van der Waals surface area contributed by atoms with Gasteiger partial charge in [0.25, 0.3) is 0 Å². The molecule has 0 N–H and O–H groups in total. The zero-order chi connectivity index (χ0) is 6.69. The van der Waals surface area contributed by atoms with Crippen LogP contribution in [0.4, 0.5) is 0 Å². The molecule has 1 heterocycles. The summed E-state index contributed by atoms with van der Waals surface area (Å²) in [7, 11) is 0. The molecule has 0 amide bonds. The van der Waals surface area contributed by atoms with Crippen LogP contribution in [0.3, 0.4) is 0 Å². The topological polar surface area (TPSA) is 30.2 Å². The van der Waals surface area contributed by atoms with Crippen LogP contribution in [-0.2, 0) is 5.75 Å². The average molecular weight is 142 g/mol. The highest BCUT2D eigenvalue weighted by Crippen LogP contribution is 2.06. The minimum atomic E-state index is 0.360. The molecule has 0 unspecified atom stereocenters. The SMILES string of the molecule is O=Cc1ccc(CS)o1. The maximum Gasteiger partial charge on any atom is 0.185 e. The van der Waals surface area contributed by atoms with E-state index in [0.717, 1.165) is 5.76 Å². The fourth-order valence-electron chi connectivity index (χ4n) is 0.543. The quantitative estimate of drug-likeness (QED) is 0.501. The lowest BCUT2D eigenvalue weighted by molar-refractivity contribution is 0.109. The van der Waals surface area contributed by atoms with Crippen molar-refractivity contribution in [1.82, 2.24) is 0 Å². The van der Waals surface area contributed by atoms with E-state index in [9.17, 15) is 4.79 Å². The number of thiol groups is 1. The maximum atomic E-state index is 10.0. The molecular weight excluding hydrogens is 136 g/mol. The van der Waals surface area contributed by atoms with E-state index in [1.807, 2.05) is 0 Å². The van der Waals surface area contributed by atoms with Crippen LogP contribution in [0.1, 0.15) is 16.3 Å². The molecule has 2 nitrogen and oxygen atoms in total. The lowest BCUT2D eigenvalue weighted by Gasteiger charge is -1.82. The molecule has 0 aliphatic carbocycles. The minimum Gasteiger partial charge on any atom is -0.457 e. The number of rotatable bonds is 2. The minimum absolute atomic E-state index is 0.360. The summed E-state index contributed by atoms with van der Waals surface area (Å²) in [4.78, 5) is 10.0. The van der Waals surface area contributed by atoms with Crippen LogP contribution < -0.4 is 0 Å². The second kappa shape index (κ2) is 2.73. The normalized spacial score (nSPS) is 9.44. The Bertz CT molecular complexity index is 205. The van der Waals surface area contributed by atoms with Gasteiger partial charge in [0.2, 0.25) is 0 Å². The van der Waals surface area contributed by atoms with E-state index in [4.69, 9.17) is 4.42 Å². The summed E-state index contributed by atoms with van der Waals surface area (Å²) in [5.41, 5.74) is 0. The number of furan rings is 1. The van der Waals surface area contributed by atoms with E-state index in [-0.39, 0.29) is 0 Å². The van der Waals surface area contributed by atoms with E-state index in [2.05, 4.69) is 12.6 Å². The Kier molecular flexibility index (Phi) is 1.95. The molecule has 1 rings (SSSR count). The van der Waals surface area contributed by atoms with Crippen LogP contribution in [0.5, 0.6) is 0 Å². The highest BCUT2D eigenvalue weighted by molar-refractivity contribution is 7.79. The summed E-state index contributed by atoms with van der Waals surface area (Å²) in [6, 6.07) is 3.36. The Labute approximate surface area is 58.3 Å². The molecule has 0 bridgehead atoms. The number of aldehydes is 1. The number of hydrogen-bond donors (Lipinski definition) is 1. The van der Waals surface area contributed by atoms with Crippen molar-refractivity contribution in [2.75, 3.05) is 0 Å². The van der Waals surface area contributed by atoms with Crippen molar-refractivity contribution >= 4 is 18.9 Å². The Morgan fingerprint density at radius 1 is 1.67 bits per heavy atom. The lowest BCUT2D eigenvalue weighted by Crippen LogP contribution is -1.69. The molecule has 0 fully saturated rings. The first-order valence-electron chi connectivity index (χ1n) is 2.51. The van der Waals surface area contributed by atoms with Gasteiger partial charge in [0, 0.05) is 5.75 Å². The summed E-state index contributed by atoms with van der Waals surface area (Å²) >= 11 is 3.95. The zero-order valence-electron chi connectivity index (χ0n) is 4.70. The van der Waals surface area contributed by atoms with Gasteiger partial charge in [-0.25, -0.2) is 0 Å². The van der Waals surface area contributed by atoms with Crippen molar-refractivity contribution in [1.29, 1.82) is 0 Å². The first-order valence-corrected chi connectivity index (χ1v) is 3.15. The first kappa shape index (κ1) is 6.42. The molecule has 0 aliphatic heterocycles.